The second-order valence-corrected chi connectivity index (χ2v) is 9.64. The van der Waals surface area contributed by atoms with E-state index in [2.05, 4.69) is 15.8 Å². The van der Waals surface area contributed by atoms with Crippen molar-refractivity contribution in [3.05, 3.63) is 92.4 Å². The summed E-state index contributed by atoms with van der Waals surface area (Å²) in [5.74, 6) is 0.0790. The monoisotopic (exact) mass is 561 g/mol. The van der Waals surface area contributed by atoms with E-state index in [1.165, 1.54) is 6.21 Å². The Morgan fingerprint density at radius 3 is 2.30 bits per heavy atom. The van der Waals surface area contributed by atoms with Gasteiger partial charge in [0.1, 0.15) is 24.1 Å². The molecule has 0 aliphatic carbocycles. The van der Waals surface area contributed by atoms with Gasteiger partial charge in [0.15, 0.2) is 0 Å². The van der Waals surface area contributed by atoms with Gasteiger partial charge in [-0.3, -0.25) is 9.59 Å². The highest BCUT2D eigenvalue weighted by Crippen LogP contribution is 2.25. The van der Waals surface area contributed by atoms with Crippen molar-refractivity contribution < 1.29 is 19.1 Å². The minimum Gasteiger partial charge on any atom is -0.497 e. The Labute approximate surface area is 230 Å². The van der Waals surface area contributed by atoms with Gasteiger partial charge in [0.25, 0.3) is 11.8 Å². The lowest BCUT2D eigenvalue weighted by molar-refractivity contribution is -0.123. The topological polar surface area (TPSA) is 89.0 Å². The maximum atomic E-state index is 12.8. The minimum absolute atomic E-state index is 0.188. The fourth-order valence-corrected chi connectivity index (χ4v) is 3.93. The first-order valence-corrected chi connectivity index (χ1v) is 12.5. The summed E-state index contributed by atoms with van der Waals surface area (Å²) in [5.41, 5.74) is 4.19. The average Bonchev–Trinajstić information content (AvgIpc) is 2.87. The molecule has 0 saturated heterocycles. The predicted octanol–water partition coefficient (Wildman–Crippen LogP) is 6.14. The molecule has 0 bridgehead atoms. The van der Waals surface area contributed by atoms with E-state index in [0.717, 1.165) is 5.56 Å². The van der Waals surface area contributed by atoms with Crippen LogP contribution in [0.15, 0.2) is 65.8 Å². The Balaban J connectivity index is 1.66. The molecule has 0 spiro atoms. The number of rotatable bonds is 10. The van der Waals surface area contributed by atoms with Gasteiger partial charge in [-0.25, -0.2) is 5.43 Å². The van der Waals surface area contributed by atoms with Crippen LogP contribution in [0.4, 0.5) is 0 Å². The number of carbonyl (C=O) groups is 2. The highest BCUT2D eigenvalue weighted by atomic mass is 35.5. The molecule has 37 heavy (non-hydrogen) atoms. The molecule has 0 heterocycles. The number of halogens is 3. The van der Waals surface area contributed by atoms with Gasteiger partial charge >= 0.3 is 0 Å². The molecule has 3 rings (SSSR count). The molecule has 3 aromatic carbocycles. The van der Waals surface area contributed by atoms with Gasteiger partial charge in [0, 0.05) is 31.8 Å². The predicted molar refractivity (Wildman–Crippen MR) is 147 cm³/mol. The summed E-state index contributed by atoms with van der Waals surface area (Å²) >= 11 is 18.3. The fraction of sp³-hybridized carbons (Fsp3) is 0.222. The summed E-state index contributed by atoms with van der Waals surface area (Å²) in [4.78, 5) is 25.5. The molecule has 10 heteroatoms. The maximum Gasteiger partial charge on any atom is 0.262 e. The summed E-state index contributed by atoms with van der Waals surface area (Å²) in [6, 6.07) is 16.0. The van der Waals surface area contributed by atoms with Crippen LogP contribution >= 0.6 is 34.8 Å². The van der Waals surface area contributed by atoms with Crippen LogP contribution in [0.1, 0.15) is 35.3 Å². The fourth-order valence-electron chi connectivity index (χ4n) is 3.28. The Kier molecular flexibility index (Phi) is 10.2. The van der Waals surface area contributed by atoms with Crippen LogP contribution in [0, 0.1) is 5.92 Å². The summed E-state index contributed by atoms with van der Waals surface area (Å²) in [6.07, 6.45) is 1.42. The smallest absolute Gasteiger partial charge is 0.262 e. The second kappa shape index (κ2) is 13.3. The molecule has 0 aliphatic rings. The van der Waals surface area contributed by atoms with Crippen molar-refractivity contribution in [1.82, 2.24) is 10.7 Å². The summed E-state index contributed by atoms with van der Waals surface area (Å²) in [6.45, 7) is 3.85. The number of nitrogens with one attached hydrogen (secondary N) is 2. The summed E-state index contributed by atoms with van der Waals surface area (Å²) in [7, 11) is 1.54. The third-order valence-electron chi connectivity index (χ3n) is 5.34. The van der Waals surface area contributed by atoms with Gasteiger partial charge < -0.3 is 14.8 Å². The number of nitrogens with zero attached hydrogens (tertiary/aromatic N) is 1. The van der Waals surface area contributed by atoms with Crippen molar-refractivity contribution in [2.24, 2.45) is 11.0 Å². The first-order valence-electron chi connectivity index (χ1n) is 11.3. The molecule has 0 fully saturated rings. The molecular formula is C27H26Cl3N3O4. The van der Waals surface area contributed by atoms with E-state index in [9.17, 15) is 9.59 Å². The highest BCUT2D eigenvalue weighted by Gasteiger charge is 2.24. The number of benzene rings is 3. The average molecular weight is 563 g/mol. The van der Waals surface area contributed by atoms with E-state index in [1.807, 2.05) is 13.8 Å². The quantitative estimate of drug-likeness (QED) is 0.229. The maximum absolute atomic E-state index is 12.8. The van der Waals surface area contributed by atoms with Gasteiger partial charge in [-0.2, -0.15) is 5.10 Å². The molecule has 7 nitrogen and oxygen atoms in total. The van der Waals surface area contributed by atoms with Crippen LogP contribution in [0.2, 0.25) is 15.1 Å². The van der Waals surface area contributed by atoms with Crippen molar-refractivity contribution in [1.29, 1.82) is 0 Å². The first-order chi connectivity index (χ1) is 17.7. The van der Waals surface area contributed by atoms with Crippen molar-refractivity contribution in [2.75, 3.05) is 7.11 Å². The van der Waals surface area contributed by atoms with Gasteiger partial charge in [-0.15, -0.1) is 0 Å². The molecule has 0 aliphatic heterocycles. The number of carbonyl (C=O) groups excluding carboxylic acids is 2. The lowest BCUT2D eigenvalue weighted by Gasteiger charge is -2.20. The summed E-state index contributed by atoms with van der Waals surface area (Å²) < 4.78 is 11.0. The zero-order valence-corrected chi connectivity index (χ0v) is 22.7. The third-order valence-corrected chi connectivity index (χ3v) is 6.16. The third kappa shape index (κ3) is 8.12. The molecular weight excluding hydrogens is 537 g/mol. The molecule has 194 valence electrons. The van der Waals surface area contributed by atoms with E-state index in [1.54, 1.807) is 67.8 Å². The van der Waals surface area contributed by atoms with Crippen LogP contribution in [0.25, 0.3) is 0 Å². The Morgan fingerprint density at radius 2 is 1.65 bits per heavy atom. The SMILES string of the molecule is COc1ccc(C(=O)NC(C(=O)NN=Cc2cc(Cl)ccc2OCc2ccc(Cl)cc2Cl)C(C)C)cc1. The van der Waals surface area contributed by atoms with Gasteiger partial charge in [-0.1, -0.05) is 54.7 Å². The molecule has 0 aromatic heterocycles. The first kappa shape index (κ1) is 28.3. The Hall–Kier alpha value is -3.26. The van der Waals surface area contributed by atoms with E-state index >= 15 is 0 Å². The zero-order chi connectivity index (χ0) is 26.9. The number of ether oxygens (including phenoxy) is 2. The second-order valence-electron chi connectivity index (χ2n) is 8.36. The van der Waals surface area contributed by atoms with Crippen molar-refractivity contribution in [2.45, 2.75) is 26.5 Å². The molecule has 2 amide bonds. The Bertz CT molecular complexity index is 1280. The van der Waals surface area contributed by atoms with Crippen LogP contribution in [0.5, 0.6) is 11.5 Å². The molecule has 1 unspecified atom stereocenters. The molecule has 2 N–H and O–H groups in total. The van der Waals surface area contributed by atoms with E-state index < -0.39 is 11.9 Å². The largest absolute Gasteiger partial charge is 0.497 e. The minimum atomic E-state index is -0.811. The van der Waals surface area contributed by atoms with Crippen LogP contribution in [-0.2, 0) is 11.4 Å². The normalized spacial score (nSPS) is 11.9. The van der Waals surface area contributed by atoms with Crippen LogP contribution in [-0.4, -0.2) is 31.2 Å². The zero-order valence-electron chi connectivity index (χ0n) is 20.4. The summed E-state index contributed by atoms with van der Waals surface area (Å²) in [5, 5.41) is 8.30. The van der Waals surface area contributed by atoms with E-state index in [0.29, 0.717) is 37.7 Å². The Morgan fingerprint density at radius 1 is 0.973 bits per heavy atom. The van der Waals surface area contributed by atoms with Crippen molar-refractivity contribution >= 4 is 52.8 Å². The van der Waals surface area contributed by atoms with E-state index in [-0.39, 0.29) is 18.4 Å². The van der Waals surface area contributed by atoms with Crippen LogP contribution in [0.3, 0.4) is 0 Å². The van der Waals surface area contributed by atoms with Gasteiger partial charge in [0.2, 0.25) is 0 Å². The number of hydrogen-bond donors (Lipinski definition) is 2. The molecule has 0 saturated carbocycles. The van der Waals surface area contributed by atoms with Gasteiger partial charge in [-0.05, 0) is 60.5 Å². The lowest BCUT2D eigenvalue weighted by atomic mass is 10.0. The number of amides is 2. The molecule has 1 atom stereocenters. The van der Waals surface area contributed by atoms with Gasteiger partial charge in [0.05, 0.1) is 13.3 Å². The number of methoxy groups -OCH3 is 1. The van der Waals surface area contributed by atoms with E-state index in [4.69, 9.17) is 44.3 Å². The van der Waals surface area contributed by atoms with Crippen molar-refractivity contribution in [3.8, 4) is 11.5 Å². The van der Waals surface area contributed by atoms with Crippen molar-refractivity contribution in [3.63, 3.8) is 0 Å². The highest BCUT2D eigenvalue weighted by molar-refractivity contribution is 6.35. The molecule has 3 aromatic rings. The molecule has 0 radical (unpaired) electrons. The standard InChI is InChI=1S/C27H26Cl3N3O4/c1-16(2)25(32-26(34)17-5-9-22(36-3)10-6-17)27(35)33-31-14-19-12-20(28)8-11-24(19)37-15-18-4-7-21(29)13-23(18)30/h4-14,16,25H,15H2,1-3H3,(H,32,34)(H,33,35). The van der Waals surface area contributed by atoms with Crippen LogP contribution < -0.4 is 20.2 Å². The number of hydrogen-bond acceptors (Lipinski definition) is 5. The number of hydrazone groups is 1. The lowest BCUT2D eigenvalue weighted by Crippen LogP contribution is -2.48.